The van der Waals surface area contributed by atoms with Crippen molar-refractivity contribution in [1.82, 2.24) is 15.6 Å². The number of methoxy groups -OCH3 is 1. The summed E-state index contributed by atoms with van der Waals surface area (Å²) in [6, 6.07) is 13.5. The van der Waals surface area contributed by atoms with Gasteiger partial charge in [-0.15, -0.1) is 0 Å². The summed E-state index contributed by atoms with van der Waals surface area (Å²) >= 11 is 0. The molecule has 8 nitrogen and oxygen atoms in total. The fourth-order valence-electron chi connectivity index (χ4n) is 4.08. The van der Waals surface area contributed by atoms with Crippen LogP contribution < -0.4 is 20.7 Å². The summed E-state index contributed by atoms with van der Waals surface area (Å²) in [6.07, 6.45) is -1.13. The zero-order valence-electron chi connectivity index (χ0n) is 20.6. The summed E-state index contributed by atoms with van der Waals surface area (Å²) in [4.78, 5) is 29.7. The first kappa shape index (κ1) is 26.9. The number of halogens is 3. The maximum Gasteiger partial charge on any atom is 0.418 e. The van der Waals surface area contributed by atoms with E-state index in [9.17, 15) is 22.8 Å². The highest BCUT2D eigenvalue weighted by Gasteiger charge is 2.42. The standard InChI is InChI=1S/C27H27F3N4O4/c1-37-21-12-19(14-31-15-21)24(35)33-16-26(10-11-38-17-26)25(36)32-13-18-6-8-20(9-7-18)34-23-5-3-2-4-22(23)27(28,29)30/h2-9,12,14-15,34H,10-11,13,16-17H2,1H3,(H,32,36)(H,33,35)/t26-/m0/s1. The Morgan fingerprint density at radius 3 is 2.53 bits per heavy atom. The van der Waals surface area contributed by atoms with Gasteiger partial charge in [0.25, 0.3) is 5.91 Å². The number of carbonyl (C=O) groups is 2. The lowest BCUT2D eigenvalue weighted by Gasteiger charge is -2.26. The average Bonchev–Trinajstić information content (AvgIpc) is 3.41. The number of hydrogen-bond donors (Lipinski definition) is 3. The van der Waals surface area contributed by atoms with Crippen LogP contribution in [-0.2, 0) is 22.3 Å². The number of hydrogen-bond acceptors (Lipinski definition) is 6. The minimum atomic E-state index is -4.47. The van der Waals surface area contributed by atoms with Crippen LogP contribution in [-0.4, -0.2) is 43.7 Å². The second-order valence-electron chi connectivity index (χ2n) is 8.93. The minimum absolute atomic E-state index is 0.0454. The lowest BCUT2D eigenvalue weighted by Crippen LogP contribution is -2.48. The van der Waals surface area contributed by atoms with Gasteiger partial charge >= 0.3 is 6.18 Å². The number of amides is 2. The molecule has 0 unspecified atom stereocenters. The van der Waals surface area contributed by atoms with Crippen LogP contribution >= 0.6 is 0 Å². The Hall–Kier alpha value is -4.12. The molecule has 1 aliphatic rings. The molecule has 1 fully saturated rings. The van der Waals surface area contributed by atoms with Crippen molar-refractivity contribution in [3.8, 4) is 5.75 Å². The third kappa shape index (κ3) is 6.41. The molecule has 0 aliphatic carbocycles. The number of para-hydroxylation sites is 1. The lowest BCUT2D eigenvalue weighted by molar-refractivity contribution is -0.137. The number of rotatable bonds is 9. The van der Waals surface area contributed by atoms with E-state index in [1.54, 1.807) is 30.3 Å². The molecule has 3 aromatic rings. The number of benzene rings is 2. The molecule has 0 spiro atoms. The van der Waals surface area contributed by atoms with Crippen LogP contribution in [0, 0.1) is 5.41 Å². The van der Waals surface area contributed by atoms with Crippen molar-refractivity contribution in [2.75, 3.05) is 32.2 Å². The monoisotopic (exact) mass is 528 g/mol. The van der Waals surface area contributed by atoms with Gasteiger partial charge in [-0.3, -0.25) is 14.6 Å². The van der Waals surface area contributed by atoms with Crippen LogP contribution in [0.4, 0.5) is 24.5 Å². The Bertz CT molecular complexity index is 1280. The van der Waals surface area contributed by atoms with Gasteiger partial charge in [-0.25, -0.2) is 0 Å². The number of carbonyl (C=O) groups excluding carboxylic acids is 2. The van der Waals surface area contributed by atoms with E-state index in [-0.39, 0.29) is 37.2 Å². The van der Waals surface area contributed by atoms with Gasteiger partial charge in [0.2, 0.25) is 5.91 Å². The fraction of sp³-hybridized carbons (Fsp3) is 0.296. The van der Waals surface area contributed by atoms with E-state index in [1.165, 1.54) is 37.7 Å². The van der Waals surface area contributed by atoms with E-state index in [0.717, 1.165) is 11.6 Å². The number of anilines is 2. The molecule has 200 valence electrons. The summed E-state index contributed by atoms with van der Waals surface area (Å²) in [5.41, 5.74) is -0.178. The number of nitrogens with zero attached hydrogens (tertiary/aromatic N) is 1. The van der Waals surface area contributed by atoms with Crippen LogP contribution in [0.15, 0.2) is 67.0 Å². The summed E-state index contributed by atoms with van der Waals surface area (Å²) < 4.78 is 50.3. The van der Waals surface area contributed by atoms with E-state index in [1.807, 2.05) is 0 Å². The average molecular weight is 529 g/mol. The number of alkyl halides is 3. The topological polar surface area (TPSA) is 102 Å². The Morgan fingerprint density at radius 2 is 1.84 bits per heavy atom. The molecule has 2 amide bonds. The summed E-state index contributed by atoms with van der Waals surface area (Å²) in [7, 11) is 1.48. The van der Waals surface area contributed by atoms with Gasteiger partial charge in [0.15, 0.2) is 0 Å². The van der Waals surface area contributed by atoms with Crippen molar-refractivity contribution < 1.29 is 32.2 Å². The molecular weight excluding hydrogens is 501 g/mol. The second kappa shape index (κ2) is 11.5. The molecule has 3 N–H and O–H groups in total. The second-order valence-corrected chi connectivity index (χ2v) is 8.93. The van der Waals surface area contributed by atoms with Crippen molar-refractivity contribution in [2.24, 2.45) is 5.41 Å². The molecule has 1 saturated heterocycles. The van der Waals surface area contributed by atoms with Crippen LogP contribution in [0.5, 0.6) is 5.75 Å². The van der Waals surface area contributed by atoms with Crippen molar-refractivity contribution in [2.45, 2.75) is 19.1 Å². The van der Waals surface area contributed by atoms with Crippen molar-refractivity contribution in [3.63, 3.8) is 0 Å². The van der Waals surface area contributed by atoms with Crippen LogP contribution in [0.3, 0.4) is 0 Å². The van der Waals surface area contributed by atoms with E-state index < -0.39 is 17.2 Å². The Morgan fingerprint density at radius 1 is 1.08 bits per heavy atom. The normalized spacial score (nSPS) is 17.1. The summed E-state index contributed by atoms with van der Waals surface area (Å²) in [5.74, 6) is -0.203. The van der Waals surface area contributed by atoms with E-state index in [2.05, 4.69) is 20.9 Å². The predicted octanol–water partition coefficient (Wildman–Crippen LogP) is 4.31. The fourth-order valence-corrected chi connectivity index (χ4v) is 4.08. The maximum atomic E-state index is 13.2. The SMILES string of the molecule is COc1cncc(C(=O)NC[C@@]2(C(=O)NCc3ccc(Nc4ccccc4C(F)(F)F)cc3)CCOC2)c1. The highest BCUT2D eigenvalue weighted by Crippen LogP contribution is 2.36. The van der Waals surface area contributed by atoms with Crippen LogP contribution in [0.25, 0.3) is 0 Å². The Balaban J connectivity index is 1.35. The molecule has 1 aliphatic heterocycles. The molecule has 0 bridgehead atoms. The quantitative estimate of drug-likeness (QED) is 0.383. The van der Waals surface area contributed by atoms with Gasteiger partial charge in [-0.1, -0.05) is 24.3 Å². The van der Waals surface area contributed by atoms with E-state index in [0.29, 0.717) is 30.0 Å². The highest BCUT2D eigenvalue weighted by molar-refractivity contribution is 5.95. The van der Waals surface area contributed by atoms with E-state index >= 15 is 0 Å². The Labute approximate surface area is 217 Å². The van der Waals surface area contributed by atoms with Crippen molar-refractivity contribution >= 4 is 23.2 Å². The number of ether oxygens (including phenoxy) is 2. The molecule has 2 heterocycles. The third-order valence-corrected chi connectivity index (χ3v) is 6.30. The molecule has 1 atom stereocenters. The maximum absolute atomic E-state index is 13.2. The summed E-state index contributed by atoms with van der Waals surface area (Å²) in [5, 5.41) is 8.48. The number of pyridine rings is 1. The number of aromatic nitrogens is 1. The van der Waals surface area contributed by atoms with Gasteiger partial charge in [-0.2, -0.15) is 13.2 Å². The minimum Gasteiger partial charge on any atom is -0.495 e. The largest absolute Gasteiger partial charge is 0.495 e. The zero-order valence-corrected chi connectivity index (χ0v) is 20.6. The lowest BCUT2D eigenvalue weighted by atomic mass is 9.86. The molecule has 1 aromatic heterocycles. The Kier molecular flexibility index (Phi) is 8.16. The van der Waals surface area contributed by atoms with Gasteiger partial charge in [0.05, 0.1) is 42.1 Å². The van der Waals surface area contributed by atoms with Gasteiger partial charge in [-0.05, 0) is 42.3 Å². The number of nitrogens with one attached hydrogen (secondary N) is 3. The van der Waals surface area contributed by atoms with E-state index in [4.69, 9.17) is 9.47 Å². The predicted molar refractivity (Wildman–Crippen MR) is 134 cm³/mol. The summed E-state index contributed by atoms with van der Waals surface area (Å²) in [6.45, 7) is 0.838. The molecule has 0 radical (unpaired) electrons. The van der Waals surface area contributed by atoms with Crippen molar-refractivity contribution in [3.05, 3.63) is 83.7 Å². The van der Waals surface area contributed by atoms with Gasteiger partial charge in [0, 0.05) is 31.6 Å². The molecule has 4 rings (SSSR count). The first-order valence-corrected chi connectivity index (χ1v) is 11.9. The first-order chi connectivity index (χ1) is 18.2. The first-order valence-electron chi connectivity index (χ1n) is 11.9. The van der Waals surface area contributed by atoms with Gasteiger partial charge in [0.1, 0.15) is 5.75 Å². The smallest absolute Gasteiger partial charge is 0.418 e. The van der Waals surface area contributed by atoms with Crippen LogP contribution in [0.2, 0.25) is 0 Å². The van der Waals surface area contributed by atoms with Crippen molar-refractivity contribution in [1.29, 1.82) is 0 Å². The molecule has 2 aromatic carbocycles. The highest BCUT2D eigenvalue weighted by atomic mass is 19.4. The zero-order chi connectivity index (χ0) is 27.2. The molecular formula is C27H27F3N4O4. The molecule has 0 saturated carbocycles. The molecule has 11 heteroatoms. The molecule has 38 heavy (non-hydrogen) atoms. The third-order valence-electron chi connectivity index (χ3n) is 6.30. The van der Waals surface area contributed by atoms with Crippen LogP contribution in [0.1, 0.15) is 27.9 Å². The van der Waals surface area contributed by atoms with Gasteiger partial charge < -0.3 is 25.4 Å².